The van der Waals surface area contributed by atoms with Crippen molar-refractivity contribution in [1.29, 1.82) is 0 Å². The monoisotopic (exact) mass is 225 g/mol. The molecular formula is C16H19N. The van der Waals surface area contributed by atoms with E-state index >= 15 is 0 Å². The standard InChI is InChI=1S/C16H19N/c1-10-5-6-11(2)15(7-10)14-8-12(3)13(4)16(17)9-14/h5-9H,17H2,1-4H3. The van der Waals surface area contributed by atoms with Crippen LogP contribution >= 0.6 is 0 Å². The number of aryl methyl sites for hydroxylation is 3. The van der Waals surface area contributed by atoms with E-state index in [1.54, 1.807) is 0 Å². The Balaban J connectivity index is 2.64. The Bertz CT molecular complexity index is 545. The highest BCUT2D eigenvalue weighted by Gasteiger charge is 2.06. The van der Waals surface area contributed by atoms with Crippen LogP contribution in [0.15, 0.2) is 30.3 Å². The van der Waals surface area contributed by atoms with E-state index in [1.165, 1.54) is 33.4 Å². The third-order valence-electron chi connectivity index (χ3n) is 3.41. The molecule has 0 bridgehead atoms. The third kappa shape index (κ3) is 2.19. The van der Waals surface area contributed by atoms with Crippen molar-refractivity contribution in [1.82, 2.24) is 0 Å². The van der Waals surface area contributed by atoms with Crippen molar-refractivity contribution in [3.8, 4) is 11.1 Å². The van der Waals surface area contributed by atoms with Gasteiger partial charge in [0.2, 0.25) is 0 Å². The minimum Gasteiger partial charge on any atom is -0.398 e. The van der Waals surface area contributed by atoms with Crippen LogP contribution in [-0.2, 0) is 0 Å². The summed E-state index contributed by atoms with van der Waals surface area (Å²) in [5, 5.41) is 0. The Kier molecular flexibility index (Phi) is 2.93. The van der Waals surface area contributed by atoms with Gasteiger partial charge in [-0.2, -0.15) is 0 Å². The van der Waals surface area contributed by atoms with Crippen molar-refractivity contribution in [3.05, 3.63) is 52.6 Å². The van der Waals surface area contributed by atoms with Gasteiger partial charge >= 0.3 is 0 Å². The van der Waals surface area contributed by atoms with Gasteiger partial charge in [0.15, 0.2) is 0 Å². The molecule has 0 amide bonds. The van der Waals surface area contributed by atoms with E-state index in [1.807, 2.05) is 0 Å². The summed E-state index contributed by atoms with van der Waals surface area (Å²) >= 11 is 0. The minimum atomic E-state index is 0.876. The second kappa shape index (κ2) is 4.25. The molecule has 0 spiro atoms. The van der Waals surface area contributed by atoms with Crippen LogP contribution in [0.2, 0.25) is 0 Å². The van der Waals surface area contributed by atoms with E-state index in [0.717, 1.165) is 5.69 Å². The molecule has 0 atom stereocenters. The number of nitrogens with two attached hydrogens (primary N) is 1. The summed E-state index contributed by atoms with van der Waals surface area (Å²) in [5.41, 5.74) is 14.4. The summed E-state index contributed by atoms with van der Waals surface area (Å²) in [7, 11) is 0. The van der Waals surface area contributed by atoms with Crippen molar-refractivity contribution < 1.29 is 0 Å². The highest BCUT2D eigenvalue weighted by Crippen LogP contribution is 2.29. The number of rotatable bonds is 1. The Labute approximate surface area is 103 Å². The van der Waals surface area contributed by atoms with E-state index in [-0.39, 0.29) is 0 Å². The summed E-state index contributed by atoms with van der Waals surface area (Å²) < 4.78 is 0. The number of nitrogen functional groups attached to an aromatic ring is 1. The van der Waals surface area contributed by atoms with Gasteiger partial charge in [0, 0.05) is 5.69 Å². The molecule has 0 fully saturated rings. The van der Waals surface area contributed by atoms with Crippen LogP contribution in [0.1, 0.15) is 22.3 Å². The molecule has 17 heavy (non-hydrogen) atoms. The van der Waals surface area contributed by atoms with Gasteiger partial charge in [0.05, 0.1) is 0 Å². The first-order chi connectivity index (χ1) is 7.99. The summed E-state index contributed by atoms with van der Waals surface area (Å²) in [5.74, 6) is 0. The molecule has 0 aromatic heterocycles. The number of benzene rings is 2. The Morgan fingerprint density at radius 1 is 0.824 bits per heavy atom. The third-order valence-corrected chi connectivity index (χ3v) is 3.41. The van der Waals surface area contributed by atoms with E-state index in [0.29, 0.717) is 0 Å². The largest absolute Gasteiger partial charge is 0.398 e. The minimum absolute atomic E-state index is 0.876. The van der Waals surface area contributed by atoms with Crippen molar-refractivity contribution in [2.45, 2.75) is 27.7 Å². The van der Waals surface area contributed by atoms with Gasteiger partial charge in [-0.1, -0.05) is 29.8 Å². The van der Waals surface area contributed by atoms with Gasteiger partial charge in [0.1, 0.15) is 0 Å². The normalized spacial score (nSPS) is 10.6. The Morgan fingerprint density at radius 3 is 2.18 bits per heavy atom. The zero-order valence-corrected chi connectivity index (χ0v) is 11.0. The fraction of sp³-hybridized carbons (Fsp3) is 0.250. The fourth-order valence-corrected chi connectivity index (χ4v) is 2.09. The lowest BCUT2D eigenvalue weighted by molar-refractivity contribution is 1.33. The fourth-order valence-electron chi connectivity index (χ4n) is 2.09. The summed E-state index contributed by atoms with van der Waals surface area (Å²) in [6.07, 6.45) is 0. The molecule has 0 saturated heterocycles. The van der Waals surface area contributed by atoms with Gasteiger partial charge in [-0.15, -0.1) is 0 Å². The van der Waals surface area contributed by atoms with E-state index in [4.69, 9.17) is 5.73 Å². The molecule has 0 radical (unpaired) electrons. The highest BCUT2D eigenvalue weighted by molar-refractivity contribution is 5.73. The lowest BCUT2D eigenvalue weighted by Gasteiger charge is -2.12. The van der Waals surface area contributed by atoms with Crippen LogP contribution in [0.5, 0.6) is 0 Å². The maximum Gasteiger partial charge on any atom is 0.0352 e. The van der Waals surface area contributed by atoms with Crippen LogP contribution in [0, 0.1) is 27.7 Å². The van der Waals surface area contributed by atoms with E-state index < -0.39 is 0 Å². The quantitative estimate of drug-likeness (QED) is 0.724. The van der Waals surface area contributed by atoms with Crippen molar-refractivity contribution in [2.75, 3.05) is 5.73 Å². The van der Waals surface area contributed by atoms with Gasteiger partial charge in [-0.25, -0.2) is 0 Å². The van der Waals surface area contributed by atoms with Crippen molar-refractivity contribution in [3.63, 3.8) is 0 Å². The van der Waals surface area contributed by atoms with Crippen LogP contribution in [0.25, 0.3) is 11.1 Å². The molecule has 2 N–H and O–H groups in total. The predicted octanol–water partition coefficient (Wildman–Crippen LogP) is 4.17. The zero-order chi connectivity index (χ0) is 12.6. The lowest BCUT2D eigenvalue weighted by atomic mass is 9.95. The van der Waals surface area contributed by atoms with E-state index in [9.17, 15) is 0 Å². The molecule has 0 aliphatic rings. The maximum atomic E-state index is 6.05. The highest BCUT2D eigenvalue weighted by atomic mass is 14.6. The molecule has 0 aliphatic heterocycles. The topological polar surface area (TPSA) is 26.0 Å². The van der Waals surface area contributed by atoms with Crippen LogP contribution < -0.4 is 5.73 Å². The maximum absolute atomic E-state index is 6.05. The second-order valence-corrected chi connectivity index (χ2v) is 4.83. The molecule has 0 unspecified atom stereocenters. The average molecular weight is 225 g/mol. The van der Waals surface area contributed by atoms with Crippen LogP contribution in [0.3, 0.4) is 0 Å². The van der Waals surface area contributed by atoms with Crippen LogP contribution in [0.4, 0.5) is 5.69 Å². The summed E-state index contributed by atoms with van der Waals surface area (Å²) in [6.45, 7) is 8.44. The number of anilines is 1. The summed E-state index contributed by atoms with van der Waals surface area (Å²) in [4.78, 5) is 0. The molecule has 2 aromatic rings. The summed E-state index contributed by atoms with van der Waals surface area (Å²) in [6, 6.07) is 10.8. The van der Waals surface area contributed by atoms with Crippen LogP contribution in [-0.4, -0.2) is 0 Å². The van der Waals surface area contributed by atoms with Crippen molar-refractivity contribution in [2.24, 2.45) is 0 Å². The van der Waals surface area contributed by atoms with Gasteiger partial charge < -0.3 is 5.73 Å². The molecule has 1 heteroatoms. The molecule has 1 nitrogen and oxygen atoms in total. The number of hydrogen-bond donors (Lipinski definition) is 1. The smallest absolute Gasteiger partial charge is 0.0352 e. The zero-order valence-electron chi connectivity index (χ0n) is 11.0. The van der Waals surface area contributed by atoms with Gasteiger partial charge in [-0.05, 0) is 61.6 Å². The molecule has 88 valence electrons. The first kappa shape index (κ1) is 11.7. The van der Waals surface area contributed by atoms with Gasteiger partial charge in [-0.3, -0.25) is 0 Å². The van der Waals surface area contributed by atoms with Gasteiger partial charge in [0.25, 0.3) is 0 Å². The second-order valence-electron chi connectivity index (χ2n) is 4.83. The first-order valence-electron chi connectivity index (χ1n) is 5.93. The molecule has 0 aliphatic carbocycles. The lowest BCUT2D eigenvalue weighted by Crippen LogP contribution is -1.94. The average Bonchev–Trinajstić information content (AvgIpc) is 2.28. The molecular weight excluding hydrogens is 206 g/mol. The molecule has 0 heterocycles. The Hall–Kier alpha value is -1.76. The molecule has 0 saturated carbocycles. The molecule has 2 rings (SSSR count). The predicted molar refractivity (Wildman–Crippen MR) is 75.2 cm³/mol. The van der Waals surface area contributed by atoms with E-state index in [2.05, 4.69) is 58.0 Å². The molecule has 2 aromatic carbocycles. The SMILES string of the molecule is Cc1ccc(C)c(-c2cc(C)c(C)c(N)c2)c1. The Morgan fingerprint density at radius 2 is 1.53 bits per heavy atom. The first-order valence-corrected chi connectivity index (χ1v) is 5.93. The number of hydrogen-bond acceptors (Lipinski definition) is 1. The van der Waals surface area contributed by atoms with Crippen molar-refractivity contribution >= 4 is 5.69 Å².